The predicted molar refractivity (Wildman–Crippen MR) is 114 cm³/mol. The summed E-state index contributed by atoms with van der Waals surface area (Å²) in [5.74, 6) is 3.85. The maximum atomic E-state index is 12.6. The molecule has 5 fully saturated rings. The number of allylic oxidation sites excluding steroid dienone is 1. The number of nitrogens with one attached hydrogen (secondary N) is 1. The molecule has 1 aliphatic heterocycles. The third-order valence-electron chi connectivity index (χ3n) is 8.65. The van der Waals surface area contributed by atoms with Crippen molar-refractivity contribution < 1.29 is 9.59 Å². The first-order chi connectivity index (χ1) is 14.1. The van der Waals surface area contributed by atoms with Crippen LogP contribution in [0.25, 0.3) is 0 Å². The predicted octanol–water partition coefficient (Wildman–Crippen LogP) is 4.59. The van der Waals surface area contributed by atoms with Crippen LogP contribution in [0.5, 0.6) is 0 Å². The van der Waals surface area contributed by atoms with E-state index in [0.29, 0.717) is 12.8 Å². The Morgan fingerprint density at radius 1 is 1.00 bits per heavy atom. The summed E-state index contributed by atoms with van der Waals surface area (Å²) in [5.41, 5.74) is 1.63. The number of hydrogen-bond acceptors (Lipinski definition) is 2. The average molecular weight is 399 g/mol. The fraction of sp³-hybridized carbons (Fsp3) is 0.840. The number of amides is 2. The number of hydrogen-bond donors (Lipinski definition) is 1. The molecule has 0 radical (unpaired) electrons. The summed E-state index contributed by atoms with van der Waals surface area (Å²) in [6, 6.07) is 0. The average Bonchev–Trinajstić information content (AvgIpc) is 2.69. The Labute approximate surface area is 175 Å². The lowest BCUT2D eigenvalue weighted by Crippen LogP contribution is -2.59. The topological polar surface area (TPSA) is 49.4 Å². The SMILES string of the molecule is O=C(CCCCC(=O)N1CCC2CCCC=C2C1)NC12CC3CC(CC(C3)C1)C2. The molecule has 1 atom stereocenters. The molecule has 0 spiro atoms. The van der Waals surface area contributed by atoms with Crippen molar-refractivity contribution >= 4 is 11.8 Å². The normalized spacial score (nSPS) is 37.8. The molecule has 160 valence electrons. The summed E-state index contributed by atoms with van der Waals surface area (Å²) >= 11 is 0. The Balaban J connectivity index is 1.03. The highest BCUT2D eigenvalue weighted by molar-refractivity contribution is 5.78. The van der Waals surface area contributed by atoms with Crippen molar-refractivity contribution in [2.75, 3.05) is 13.1 Å². The summed E-state index contributed by atoms with van der Waals surface area (Å²) in [6.45, 7) is 1.78. The number of nitrogens with zero attached hydrogens (tertiary/aromatic N) is 1. The summed E-state index contributed by atoms with van der Waals surface area (Å²) in [7, 11) is 0. The minimum atomic E-state index is 0.125. The van der Waals surface area contributed by atoms with Gasteiger partial charge in [-0.1, -0.05) is 11.6 Å². The van der Waals surface area contributed by atoms with E-state index in [1.165, 1.54) is 63.4 Å². The van der Waals surface area contributed by atoms with Gasteiger partial charge in [-0.3, -0.25) is 9.59 Å². The van der Waals surface area contributed by atoms with E-state index in [1.54, 1.807) is 0 Å². The van der Waals surface area contributed by atoms with Crippen LogP contribution in [0, 0.1) is 23.7 Å². The molecular formula is C25H38N2O2. The van der Waals surface area contributed by atoms with Gasteiger partial charge < -0.3 is 10.2 Å². The number of carbonyl (C=O) groups is 2. The van der Waals surface area contributed by atoms with Gasteiger partial charge in [0.1, 0.15) is 0 Å². The van der Waals surface area contributed by atoms with Crippen LogP contribution in [0.1, 0.15) is 89.9 Å². The molecule has 0 aromatic rings. The lowest BCUT2D eigenvalue weighted by molar-refractivity contribution is -0.132. The van der Waals surface area contributed by atoms with Gasteiger partial charge in [-0.05, 0) is 101 Å². The zero-order valence-electron chi connectivity index (χ0n) is 18.0. The maximum absolute atomic E-state index is 12.6. The van der Waals surface area contributed by atoms with Crippen molar-refractivity contribution in [2.45, 2.75) is 95.4 Å². The number of unbranched alkanes of at least 4 members (excludes halogenated alkanes) is 1. The molecule has 29 heavy (non-hydrogen) atoms. The van der Waals surface area contributed by atoms with Crippen LogP contribution in [0.3, 0.4) is 0 Å². The second-order valence-corrected chi connectivity index (χ2v) is 11.0. The van der Waals surface area contributed by atoms with Crippen LogP contribution >= 0.6 is 0 Å². The zero-order chi connectivity index (χ0) is 19.8. The Kier molecular flexibility index (Phi) is 5.47. The lowest BCUT2D eigenvalue weighted by Gasteiger charge is -2.56. The Bertz CT molecular complexity index is 647. The Hall–Kier alpha value is -1.32. The number of rotatable bonds is 6. The van der Waals surface area contributed by atoms with Gasteiger partial charge in [-0.25, -0.2) is 0 Å². The zero-order valence-corrected chi connectivity index (χ0v) is 18.0. The van der Waals surface area contributed by atoms with E-state index in [9.17, 15) is 9.59 Å². The Morgan fingerprint density at radius 2 is 1.69 bits per heavy atom. The summed E-state index contributed by atoms with van der Waals surface area (Å²) in [5, 5.41) is 3.47. The number of carbonyl (C=O) groups excluding carboxylic acids is 2. The highest BCUT2D eigenvalue weighted by atomic mass is 16.2. The molecule has 4 heteroatoms. The quantitative estimate of drug-likeness (QED) is 0.525. The van der Waals surface area contributed by atoms with Gasteiger partial charge in [0.15, 0.2) is 0 Å². The van der Waals surface area contributed by atoms with Crippen LogP contribution in [-0.2, 0) is 9.59 Å². The number of fused-ring (bicyclic) bond motifs is 1. The van der Waals surface area contributed by atoms with Gasteiger partial charge in [-0.15, -0.1) is 0 Å². The largest absolute Gasteiger partial charge is 0.351 e. The molecule has 2 amide bonds. The molecule has 5 aliphatic carbocycles. The molecule has 0 aromatic heterocycles. The van der Waals surface area contributed by atoms with Crippen molar-refractivity contribution in [3.8, 4) is 0 Å². The van der Waals surface area contributed by atoms with Gasteiger partial charge in [-0.2, -0.15) is 0 Å². The van der Waals surface area contributed by atoms with Crippen LogP contribution in [0.2, 0.25) is 0 Å². The van der Waals surface area contributed by atoms with E-state index in [0.717, 1.165) is 56.0 Å². The highest BCUT2D eigenvalue weighted by Gasteiger charge is 2.51. The Morgan fingerprint density at radius 3 is 2.41 bits per heavy atom. The summed E-state index contributed by atoms with van der Waals surface area (Å²) in [4.78, 5) is 27.3. The summed E-state index contributed by atoms with van der Waals surface area (Å²) in [6.07, 6.45) is 18.1. The van der Waals surface area contributed by atoms with E-state index in [4.69, 9.17) is 0 Å². The van der Waals surface area contributed by atoms with E-state index in [1.807, 2.05) is 0 Å². The number of likely N-dealkylation sites (tertiary alicyclic amines) is 1. The third-order valence-corrected chi connectivity index (χ3v) is 8.65. The van der Waals surface area contributed by atoms with E-state index < -0.39 is 0 Å². The smallest absolute Gasteiger partial charge is 0.222 e. The molecule has 4 saturated carbocycles. The molecule has 1 unspecified atom stereocenters. The third kappa shape index (κ3) is 4.27. The van der Waals surface area contributed by atoms with E-state index >= 15 is 0 Å². The van der Waals surface area contributed by atoms with Crippen molar-refractivity contribution in [3.05, 3.63) is 11.6 Å². The fourth-order valence-corrected chi connectivity index (χ4v) is 7.69. The minimum absolute atomic E-state index is 0.125. The van der Waals surface area contributed by atoms with Crippen molar-refractivity contribution in [1.29, 1.82) is 0 Å². The van der Waals surface area contributed by atoms with Gasteiger partial charge in [0.05, 0.1) is 0 Å². The van der Waals surface area contributed by atoms with Crippen LogP contribution < -0.4 is 5.32 Å². The molecule has 6 rings (SSSR count). The minimum Gasteiger partial charge on any atom is -0.351 e. The monoisotopic (exact) mass is 398 g/mol. The van der Waals surface area contributed by atoms with Crippen molar-refractivity contribution in [3.63, 3.8) is 0 Å². The van der Waals surface area contributed by atoms with E-state index in [2.05, 4.69) is 16.3 Å². The van der Waals surface area contributed by atoms with Crippen LogP contribution in [-0.4, -0.2) is 35.3 Å². The van der Waals surface area contributed by atoms with E-state index in [-0.39, 0.29) is 17.4 Å². The van der Waals surface area contributed by atoms with Crippen molar-refractivity contribution in [2.24, 2.45) is 23.7 Å². The first-order valence-electron chi connectivity index (χ1n) is 12.4. The number of piperidine rings is 1. The molecule has 4 nitrogen and oxygen atoms in total. The molecule has 4 bridgehead atoms. The highest BCUT2D eigenvalue weighted by Crippen LogP contribution is 2.55. The molecular weight excluding hydrogens is 360 g/mol. The van der Waals surface area contributed by atoms with Gasteiger partial charge in [0.2, 0.25) is 11.8 Å². The van der Waals surface area contributed by atoms with Gasteiger partial charge in [0.25, 0.3) is 0 Å². The second-order valence-electron chi connectivity index (χ2n) is 11.0. The molecule has 1 N–H and O–H groups in total. The van der Waals surface area contributed by atoms with Crippen LogP contribution in [0.15, 0.2) is 11.6 Å². The lowest BCUT2D eigenvalue weighted by atomic mass is 9.53. The van der Waals surface area contributed by atoms with Crippen molar-refractivity contribution in [1.82, 2.24) is 10.2 Å². The molecule has 1 saturated heterocycles. The molecule has 1 heterocycles. The van der Waals surface area contributed by atoms with Gasteiger partial charge in [0, 0.05) is 31.5 Å². The van der Waals surface area contributed by atoms with Crippen LogP contribution in [0.4, 0.5) is 0 Å². The maximum Gasteiger partial charge on any atom is 0.222 e. The summed E-state index contributed by atoms with van der Waals surface area (Å²) < 4.78 is 0. The molecule has 6 aliphatic rings. The standard InChI is InChI=1S/C25H38N2O2/c28-23(26-25-14-18-11-19(15-25)13-20(12-18)16-25)7-3-4-8-24(29)27-10-9-21-5-1-2-6-22(21)17-27/h6,18-21H,1-5,7-17H2,(H,26,28). The van der Waals surface area contributed by atoms with Gasteiger partial charge >= 0.3 is 0 Å². The first kappa shape index (κ1) is 19.6. The first-order valence-corrected chi connectivity index (χ1v) is 12.4. The fourth-order valence-electron chi connectivity index (χ4n) is 7.69. The molecule has 0 aromatic carbocycles. The second kappa shape index (κ2) is 8.07.